The van der Waals surface area contributed by atoms with Crippen molar-refractivity contribution in [3.8, 4) is 12.1 Å². The van der Waals surface area contributed by atoms with Crippen molar-refractivity contribution >= 4 is 35.3 Å². The van der Waals surface area contributed by atoms with Crippen LogP contribution in [0.15, 0.2) is 161 Å². The second-order valence-corrected chi connectivity index (χ2v) is 14.5. The van der Waals surface area contributed by atoms with Crippen LogP contribution in [0.5, 0.6) is 0 Å². The number of hydrogen-bond acceptors (Lipinski definition) is 4. The minimum Gasteiger partial charge on any atom is -0.334 e. The molecule has 5 aliphatic rings. The Balaban J connectivity index is 1.10. The summed E-state index contributed by atoms with van der Waals surface area (Å²) in [5.41, 5.74) is 19.2. The number of nitrogens with zero attached hydrogens (tertiary/aromatic N) is 4. The van der Waals surface area contributed by atoms with Gasteiger partial charge in [0.2, 0.25) is 0 Å². The van der Waals surface area contributed by atoms with Gasteiger partial charge in [0.1, 0.15) is 0 Å². The minimum atomic E-state index is 0.383. The van der Waals surface area contributed by atoms with Crippen LogP contribution in [0.4, 0.5) is 0 Å². The molecule has 4 aliphatic carbocycles. The molecule has 258 valence electrons. The van der Waals surface area contributed by atoms with Crippen molar-refractivity contribution in [3.05, 3.63) is 206 Å². The van der Waals surface area contributed by atoms with E-state index in [1.54, 1.807) is 0 Å². The Hall–Kier alpha value is -6.75. The molecule has 4 heteroatoms. The highest BCUT2D eigenvalue weighted by atomic mass is 15.2. The second kappa shape index (κ2) is 14.0. The first kappa shape index (κ1) is 33.1. The van der Waals surface area contributed by atoms with Crippen LogP contribution < -0.4 is 0 Å². The van der Waals surface area contributed by atoms with E-state index >= 15 is 0 Å². The quantitative estimate of drug-likeness (QED) is 0.149. The molecule has 0 spiro atoms. The lowest BCUT2D eigenvalue weighted by Crippen LogP contribution is -2.27. The van der Waals surface area contributed by atoms with Crippen molar-refractivity contribution in [1.82, 2.24) is 4.90 Å². The normalized spacial score (nSPS) is 18.6. The van der Waals surface area contributed by atoms with Crippen molar-refractivity contribution in [2.45, 2.75) is 38.6 Å². The van der Waals surface area contributed by atoms with E-state index in [0.717, 1.165) is 60.3 Å². The Morgan fingerprint density at radius 2 is 1.54 bits per heavy atom. The van der Waals surface area contributed by atoms with Gasteiger partial charge < -0.3 is 4.90 Å². The molecule has 0 saturated carbocycles. The maximum Gasteiger partial charge on any atom is 0.0991 e. The van der Waals surface area contributed by atoms with Crippen LogP contribution in [-0.2, 0) is 13.0 Å². The van der Waals surface area contributed by atoms with Gasteiger partial charge in [-0.25, -0.2) is 0 Å². The number of allylic oxidation sites excluding steroid dienone is 12. The monoisotopic (exact) mass is 694 g/mol. The molecule has 0 bridgehead atoms. The third kappa shape index (κ3) is 6.03. The highest BCUT2D eigenvalue weighted by molar-refractivity contribution is 5.93. The van der Waals surface area contributed by atoms with Crippen LogP contribution in [0.25, 0.3) is 28.6 Å². The van der Waals surface area contributed by atoms with E-state index in [1.807, 2.05) is 48.5 Å². The summed E-state index contributed by atoms with van der Waals surface area (Å²) in [5, 5.41) is 19.1. The molecule has 0 aromatic heterocycles. The number of fused-ring (bicyclic) bond motifs is 4. The zero-order valence-corrected chi connectivity index (χ0v) is 30.1. The third-order valence-electron chi connectivity index (χ3n) is 11.4. The van der Waals surface area contributed by atoms with E-state index in [4.69, 9.17) is 0 Å². The molecular weight excluding hydrogens is 657 g/mol. The molecule has 9 rings (SSSR count). The van der Waals surface area contributed by atoms with Crippen LogP contribution in [0, 0.1) is 28.6 Å². The molecule has 4 aromatic carbocycles. The van der Waals surface area contributed by atoms with Gasteiger partial charge in [-0.2, -0.15) is 10.5 Å². The van der Waals surface area contributed by atoms with Gasteiger partial charge in [-0.05, 0) is 131 Å². The van der Waals surface area contributed by atoms with Gasteiger partial charge in [-0.1, -0.05) is 103 Å². The molecule has 1 heterocycles. The first-order chi connectivity index (χ1) is 26.6. The van der Waals surface area contributed by atoms with Gasteiger partial charge in [-0.3, -0.25) is 4.99 Å². The predicted octanol–water partition coefficient (Wildman–Crippen LogP) is 11.4. The highest BCUT2D eigenvalue weighted by Crippen LogP contribution is 2.45. The van der Waals surface area contributed by atoms with E-state index in [1.165, 1.54) is 55.7 Å². The van der Waals surface area contributed by atoms with Crippen LogP contribution in [0.2, 0.25) is 0 Å². The lowest BCUT2D eigenvalue weighted by molar-refractivity contribution is 0.486. The lowest BCUT2D eigenvalue weighted by Gasteiger charge is -2.38. The highest BCUT2D eigenvalue weighted by Gasteiger charge is 2.30. The number of benzene rings is 4. The summed E-state index contributed by atoms with van der Waals surface area (Å²) in [7, 11) is 0. The van der Waals surface area contributed by atoms with Crippen LogP contribution >= 0.6 is 0 Å². The Labute approximate surface area is 317 Å². The van der Waals surface area contributed by atoms with Crippen molar-refractivity contribution in [2.75, 3.05) is 0 Å². The van der Waals surface area contributed by atoms with E-state index in [9.17, 15) is 10.5 Å². The summed E-state index contributed by atoms with van der Waals surface area (Å²) in [6, 6.07) is 35.5. The maximum absolute atomic E-state index is 9.59. The Morgan fingerprint density at radius 1 is 0.759 bits per heavy atom. The molecule has 0 amide bonds. The average Bonchev–Trinajstić information content (AvgIpc) is 3.24. The Kier molecular flexibility index (Phi) is 8.58. The summed E-state index contributed by atoms with van der Waals surface area (Å²) in [6.07, 6.45) is 23.8. The van der Waals surface area contributed by atoms with Gasteiger partial charge in [0.05, 0.1) is 34.7 Å². The molecule has 0 fully saturated rings. The fraction of sp³-hybridized carbons (Fsp3) is 0.140. The van der Waals surface area contributed by atoms with Crippen molar-refractivity contribution in [3.63, 3.8) is 0 Å². The molecule has 1 aliphatic heterocycles. The van der Waals surface area contributed by atoms with Crippen LogP contribution in [0.3, 0.4) is 0 Å². The fourth-order valence-corrected chi connectivity index (χ4v) is 8.59. The van der Waals surface area contributed by atoms with Crippen molar-refractivity contribution < 1.29 is 0 Å². The number of hydrogen-bond donors (Lipinski definition) is 0. The zero-order valence-electron chi connectivity index (χ0n) is 30.1. The summed E-state index contributed by atoms with van der Waals surface area (Å²) >= 11 is 0. The first-order valence-corrected chi connectivity index (χ1v) is 18.7. The molecular formula is C50H38N4. The Bertz CT molecular complexity index is 2570. The third-order valence-corrected chi connectivity index (χ3v) is 11.4. The molecule has 4 aromatic rings. The smallest absolute Gasteiger partial charge is 0.0991 e. The van der Waals surface area contributed by atoms with Crippen molar-refractivity contribution in [1.29, 1.82) is 10.5 Å². The second-order valence-electron chi connectivity index (χ2n) is 14.5. The summed E-state index contributed by atoms with van der Waals surface area (Å²) in [4.78, 5) is 7.01. The van der Waals surface area contributed by atoms with E-state index in [2.05, 4.69) is 120 Å². The number of aliphatic imine (C=N–C) groups is 1. The average molecular weight is 695 g/mol. The molecule has 54 heavy (non-hydrogen) atoms. The van der Waals surface area contributed by atoms with Gasteiger partial charge in [0, 0.05) is 29.3 Å². The van der Waals surface area contributed by atoms with Gasteiger partial charge in [0.15, 0.2) is 0 Å². The minimum absolute atomic E-state index is 0.383. The van der Waals surface area contributed by atoms with Gasteiger partial charge in [-0.15, -0.1) is 0 Å². The predicted molar refractivity (Wildman–Crippen MR) is 220 cm³/mol. The molecule has 1 unspecified atom stereocenters. The standard InChI is InChI=1S/C50H38N4/c1-53-49(36-14-10-33(30-51)11-15-36)50(37-16-12-34(31-52)13-17-37)54-32-45-29-44(24-25-46(45)47-8-4-5-9-48(47)54)43-23-22-41-27-40(20-21-42(41)28-43)39-19-18-35-6-2-3-7-38(35)26-39/h2-3,5-7,9-17,20-26,28-29,41H,1,4,8,18-19,27,32H2/b50-49-. The summed E-state index contributed by atoms with van der Waals surface area (Å²) < 4.78 is 0. The van der Waals surface area contributed by atoms with Crippen molar-refractivity contribution in [2.24, 2.45) is 10.9 Å². The van der Waals surface area contributed by atoms with Gasteiger partial charge in [0.25, 0.3) is 0 Å². The van der Waals surface area contributed by atoms with E-state index in [0.29, 0.717) is 23.6 Å². The number of nitriles is 2. The molecule has 1 atom stereocenters. The Morgan fingerprint density at radius 3 is 2.31 bits per heavy atom. The topological polar surface area (TPSA) is 63.2 Å². The fourth-order valence-electron chi connectivity index (χ4n) is 8.59. The first-order valence-electron chi connectivity index (χ1n) is 18.7. The number of rotatable bonds is 6. The SMILES string of the molecule is C=N/C(=C(/c1ccc(C#N)cc1)N1Cc2cc(C3=CC4=CC=C(C5=Cc6ccccc6CC5)CC4C=C3)ccc2C2=C1C=CCC2)c1ccc(C#N)cc1. The molecule has 4 nitrogen and oxygen atoms in total. The maximum atomic E-state index is 9.59. The molecule has 0 saturated heterocycles. The summed E-state index contributed by atoms with van der Waals surface area (Å²) in [5.74, 6) is 0.383. The lowest BCUT2D eigenvalue weighted by atomic mass is 9.77. The molecule has 0 N–H and O–H groups in total. The largest absolute Gasteiger partial charge is 0.334 e. The number of aryl methyl sites for hydroxylation is 1. The summed E-state index contributed by atoms with van der Waals surface area (Å²) in [6.45, 7) is 4.68. The van der Waals surface area contributed by atoms with Crippen LogP contribution in [0.1, 0.15) is 75.8 Å². The van der Waals surface area contributed by atoms with E-state index in [-0.39, 0.29) is 0 Å². The van der Waals surface area contributed by atoms with E-state index < -0.39 is 0 Å². The molecule has 0 radical (unpaired) electrons. The van der Waals surface area contributed by atoms with Crippen LogP contribution in [-0.4, -0.2) is 11.6 Å². The zero-order chi connectivity index (χ0) is 36.6. The van der Waals surface area contributed by atoms with Gasteiger partial charge >= 0.3 is 0 Å².